The molecule has 4 nitrogen and oxygen atoms in total. The Balaban J connectivity index is 2.15. The monoisotopic (exact) mass is 305 g/mol. The van der Waals surface area contributed by atoms with Gasteiger partial charge in [0.05, 0.1) is 12.1 Å². The van der Waals surface area contributed by atoms with E-state index >= 15 is 0 Å². The van der Waals surface area contributed by atoms with Crippen molar-refractivity contribution in [3.63, 3.8) is 0 Å². The third-order valence-corrected chi connectivity index (χ3v) is 4.67. The van der Waals surface area contributed by atoms with E-state index in [9.17, 15) is 0 Å². The van der Waals surface area contributed by atoms with Gasteiger partial charge in [0, 0.05) is 53.0 Å². The topological polar surface area (TPSA) is 47.0 Å². The Kier molecular flexibility index (Phi) is 5.31. The summed E-state index contributed by atoms with van der Waals surface area (Å²) in [5.74, 6) is 0.944. The number of nitrogens with zero attached hydrogens (tertiary/aromatic N) is 2. The van der Waals surface area contributed by atoms with Crippen molar-refractivity contribution in [2.45, 2.75) is 39.7 Å². The summed E-state index contributed by atoms with van der Waals surface area (Å²) < 4.78 is 5.48. The van der Waals surface area contributed by atoms with Crippen LogP contribution in [0.2, 0.25) is 0 Å². The molecule has 0 bridgehead atoms. The summed E-state index contributed by atoms with van der Waals surface area (Å²) in [7, 11) is 3.71. The molecule has 0 aromatic carbocycles. The highest BCUT2D eigenvalue weighted by atomic mass is 32.1. The Morgan fingerprint density at radius 3 is 2.62 bits per heavy atom. The molecule has 21 heavy (non-hydrogen) atoms. The summed E-state index contributed by atoms with van der Waals surface area (Å²) in [6, 6.07) is 0.328. The lowest BCUT2D eigenvalue weighted by molar-refractivity contribution is 0.406. The summed E-state index contributed by atoms with van der Waals surface area (Å²) >= 11 is 1.72. The zero-order valence-electron chi connectivity index (χ0n) is 13.4. The van der Waals surface area contributed by atoms with Gasteiger partial charge in [-0.2, -0.15) is 0 Å². The molecular formula is C16H23N3OS. The molecule has 0 amide bonds. The Morgan fingerprint density at radius 2 is 2.05 bits per heavy atom. The van der Waals surface area contributed by atoms with Crippen molar-refractivity contribution in [2.24, 2.45) is 0 Å². The van der Waals surface area contributed by atoms with Crippen LogP contribution in [0.4, 0.5) is 0 Å². The Bertz CT molecular complexity index is 610. The SMILES string of the molecule is CNC(Cc1nc(C)cs1)Cc1ncc(C)c(OC)c1C. The number of aromatic nitrogens is 2. The number of nitrogens with one attached hydrogen (secondary N) is 1. The number of pyridine rings is 1. The predicted molar refractivity (Wildman–Crippen MR) is 87.4 cm³/mol. The summed E-state index contributed by atoms with van der Waals surface area (Å²) in [5.41, 5.74) is 4.39. The van der Waals surface area contributed by atoms with Gasteiger partial charge in [-0.1, -0.05) is 0 Å². The molecule has 2 rings (SSSR count). The lowest BCUT2D eigenvalue weighted by Gasteiger charge is -2.17. The predicted octanol–water partition coefficient (Wildman–Crippen LogP) is 2.85. The highest BCUT2D eigenvalue weighted by molar-refractivity contribution is 7.09. The first-order chi connectivity index (χ1) is 10.0. The lowest BCUT2D eigenvalue weighted by Crippen LogP contribution is -2.30. The molecule has 0 radical (unpaired) electrons. The van der Waals surface area contributed by atoms with Crippen LogP contribution < -0.4 is 10.1 Å². The van der Waals surface area contributed by atoms with Crippen LogP contribution in [0.1, 0.15) is 27.5 Å². The van der Waals surface area contributed by atoms with E-state index < -0.39 is 0 Å². The first kappa shape index (κ1) is 15.9. The van der Waals surface area contributed by atoms with Crippen LogP contribution in [-0.2, 0) is 12.8 Å². The number of hydrogen-bond donors (Lipinski definition) is 1. The molecule has 114 valence electrons. The van der Waals surface area contributed by atoms with Gasteiger partial charge < -0.3 is 10.1 Å². The summed E-state index contributed by atoms with van der Waals surface area (Å²) in [4.78, 5) is 9.13. The van der Waals surface area contributed by atoms with Crippen LogP contribution >= 0.6 is 11.3 Å². The Labute approximate surface area is 130 Å². The third-order valence-electron chi connectivity index (χ3n) is 3.69. The zero-order valence-corrected chi connectivity index (χ0v) is 14.2. The normalized spacial score (nSPS) is 12.4. The van der Waals surface area contributed by atoms with E-state index in [1.807, 2.05) is 27.1 Å². The van der Waals surface area contributed by atoms with Gasteiger partial charge >= 0.3 is 0 Å². The number of thiazole rings is 1. The van der Waals surface area contributed by atoms with E-state index in [-0.39, 0.29) is 0 Å². The third kappa shape index (κ3) is 3.80. The van der Waals surface area contributed by atoms with Gasteiger partial charge in [0.15, 0.2) is 0 Å². The average Bonchev–Trinajstić information content (AvgIpc) is 2.87. The first-order valence-corrected chi connectivity index (χ1v) is 8.00. The maximum Gasteiger partial charge on any atom is 0.128 e. The zero-order chi connectivity index (χ0) is 15.4. The molecular weight excluding hydrogens is 282 g/mol. The van der Waals surface area contributed by atoms with Crippen molar-refractivity contribution in [3.05, 3.63) is 39.1 Å². The molecule has 2 aromatic rings. The van der Waals surface area contributed by atoms with Gasteiger partial charge in [0.25, 0.3) is 0 Å². The van der Waals surface area contributed by atoms with Crippen LogP contribution in [0.15, 0.2) is 11.6 Å². The minimum Gasteiger partial charge on any atom is -0.496 e. The smallest absolute Gasteiger partial charge is 0.128 e. The molecule has 0 aliphatic carbocycles. The van der Waals surface area contributed by atoms with Crippen molar-refractivity contribution < 1.29 is 4.74 Å². The fourth-order valence-electron chi connectivity index (χ4n) is 2.49. The molecule has 0 fully saturated rings. The van der Waals surface area contributed by atoms with Crippen molar-refractivity contribution in [1.29, 1.82) is 0 Å². The van der Waals surface area contributed by atoms with E-state index in [1.54, 1.807) is 18.4 Å². The number of rotatable bonds is 6. The minimum absolute atomic E-state index is 0.328. The molecule has 1 atom stereocenters. The second kappa shape index (κ2) is 7.00. The van der Waals surface area contributed by atoms with Gasteiger partial charge in [0.2, 0.25) is 0 Å². The molecule has 5 heteroatoms. The van der Waals surface area contributed by atoms with Crippen molar-refractivity contribution in [3.8, 4) is 5.75 Å². The van der Waals surface area contributed by atoms with Crippen LogP contribution in [0, 0.1) is 20.8 Å². The molecule has 2 aromatic heterocycles. The van der Waals surface area contributed by atoms with Crippen LogP contribution in [0.25, 0.3) is 0 Å². The molecule has 1 unspecified atom stereocenters. The van der Waals surface area contributed by atoms with Gasteiger partial charge in [-0.25, -0.2) is 4.98 Å². The van der Waals surface area contributed by atoms with E-state index in [0.717, 1.165) is 41.1 Å². The van der Waals surface area contributed by atoms with Crippen molar-refractivity contribution in [1.82, 2.24) is 15.3 Å². The van der Waals surface area contributed by atoms with Crippen molar-refractivity contribution in [2.75, 3.05) is 14.2 Å². The van der Waals surface area contributed by atoms with E-state index in [0.29, 0.717) is 6.04 Å². The molecule has 0 spiro atoms. The van der Waals surface area contributed by atoms with Gasteiger partial charge in [0.1, 0.15) is 5.75 Å². The van der Waals surface area contributed by atoms with Crippen LogP contribution in [0.5, 0.6) is 5.75 Å². The average molecular weight is 305 g/mol. The summed E-state index contributed by atoms with van der Waals surface area (Å²) in [5, 5.41) is 6.64. The van der Waals surface area contributed by atoms with Gasteiger partial charge in [-0.15, -0.1) is 11.3 Å². The lowest BCUT2D eigenvalue weighted by atomic mass is 10.0. The molecule has 0 saturated carbocycles. The first-order valence-electron chi connectivity index (χ1n) is 7.12. The second-order valence-corrected chi connectivity index (χ2v) is 6.27. The molecule has 0 aliphatic rings. The number of likely N-dealkylation sites (N-methyl/N-ethyl adjacent to an activating group) is 1. The van der Waals surface area contributed by atoms with E-state index in [1.165, 1.54) is 5.01 Å². The van der Waals surface area contributed by atoms with Crippen LogP contribution in [-0.4, -0.2) is 30.2 Å². The van der Waals surface area contributed by atoms with Gasteiger partial charge in [-0.3, -0.25) is 4.98 Å². The van der Waals surface area contributed by atoms with Gasteiger partial charge in [-0.05, 0) is 27.8 Å². The quantitative estimate of drug-likeness (QED) is 0.891. The van der Waals surface area contributed by atoms with E-state index in [2.05, 4.69) is 27.6 Å². The molecule has 0 saturated heterocycles. The van der Waals surface area contributed by atoms with Crippen LogP contribution in [0.3, 0.4) is 0 Å². The number of hydrogen-bond acceptors (Lipinski definition) is 5. The number of aryl methyl sites for hydroxylation is 2. The standard InChI is InChI=1S/C16H23N3OS/c1-10-8-18-14(12(3)16(10)20-5)6-13(17-4)7-15-19-11(2)9-21-15/h8-9,13,17H,6-7H2,1-5H3. The largest absolute Gasteiger partial charge is 0.496 e. The maximum absolute atomic E-state index is 5.48. The number of methoxy groups -OCH3 is 1. The number of ether oxygens (including phenoxy) is 1. The highest BCUT2D eigenvalue weighted by Crippen LogP contribution is 2.25. The fourth-order valence-corrected chi connectivity index (χ4v) is 3.35. The maximum atomic E-state index is 5.48. The summed E-state index contributed by atoms with van der Waals surface area (Å²) in [6.07, 6.45) is 3.69. The van der Waals surface area contributed by atoms with E-state index in [4.69, 9.17) is 4.74 Å². The molecule has 2 heterocycles. The summed E-state index contributed by atoms with van der Waals surface area (Å²) in [6.45, 7) is 6.13. The second-order valence-electron chi connectivity index (χ2n) is 5.32. The minimum atomic E-state index is 0.328. The fraction of sp³-hybridized carbons (Fsp3) is 0.500. The molecule has 0 aliphatic heterocycles. The Morgan fingerprint density at radius 1 is 1.29 bits per heavy atom. The molecule has 1 N–H and O–H groups in total. The van der Waals surface area contributed by atoms with Crippen molar-refractivity contribution >= 4 is 11.3 Å². The highest BCUT2D eigenvalue weighted by Gasteiger charge is 2.16. The Hall–Kier alpha value is -1.46.